The Hall–Kier alpha value is -2.15. The van der Waals surface area contributed by atoms with E-state index in [1.807, 2.05) is 37.3 Å². The lowest BCUT2D eigenvalue weighted by Crippen LogP contribution is -2.14. The number of nitrogens with one attached hydrogen (secondary N) is 1. The summed E-state index contributed by atoms with van der Waals surface area (Å²) in [6.45, 7) is 3.56. The van der Waals surface area contributed by atoms with Crippen molar-refractivity contribution in [2.24, 2.45) is 0 Å². The van der Waals surface area contributed by atoms with Crippen molar-refractivity contribution in [3.63, 3.8) is 0 Å². The summed E-state index contributed by atoms with van der Waals surface area (Å²) in [4.78, 5) is 3.97. The lowest BCUT2D eigenvalue weighted by atomic mass is 10.1. The average molecular weight is 330 g/mol. The monoisotopic (exact) mass is 329 g/mol. The van der Waals surface area contributed by atoms with Gasteiger partial charge in [0.2, 0.25) is 0 Å². The Bertz CT molecular complexity index is 705. The minimum absolute atomic E-state index is 0.143. The van der Waals surface area contributed by atoms with Crippen LogP contribution in [-0.4, -0.2) is 16.1 Å². The molecule has 0 aliphatic carbocycles. The third-order valence-electron chi connectivity index (χ3n) is 2.85. The molecule has 0 fully saturated rings. The molecular weight excluding hydrogens is 318 g/mol. The van der Waals surface area contributed by atoms with Gasteiger partial charge in [-0.3, -0.25) is 4.57 Å². The van der Waals surface area contributed by atoms with Gasteiger partial charge >= 0.3 is 0 Å². The fraction of sp³-hybridized carbons (Fsp3) is 0.214. The second-order valence-electron chi connectivity index (χ2n) is 4.09. The maximum atomic E-state index is 9.22. The average Bonchev–Trinajstić information content (AvgIpc) is 2.87. The van der Waals surface area contributed by atoms with Crippen LogP contribution in [0.2, 0.25) is 0 Å². The molecule has 0 saturated heterocycles. The van der Waals surface area contributed by atoms with Gasteiger partial charge in [0.15, 0.2) is 11.4 Å². The van der Waals surface area contributed by atoms with E-state index < -0.39 is 0 Å². The zero-order chi connectivity index (χ0) is 14.5. The van der Waals surface area contributed by atoms with Gasteiger partial charge in [-0.15, -0.1) is 0 Å². The van der Waals surface area contributed by atoms with Gasteiger partial charge in [-0.25, -0.2) is 4.98 Å². The SMILES string of the molecule is CCNCc1cc(Br)ccc1-n1cnc(C#N)c1C#N. The summed E-state index contributed by atoms with van der Waals surface area (Å²) in [6, 6.07) is 9.76. The molecule has 0 radical (unpaired) electrons. The van der Waals surface area contributed by atoms with Crippen molar-refractivity contribution in [2.45, 2.75) is 13.5 Å². The Labute approximate surface area is 125 Å². The summed E-state index contributed by atoms with van der Waals surface area (Å²) in [5, 5.41) is 21.4. The minimum atomic E-state index is 0.143. The summed E-state index contributed by atoms with van der Waals surface area (Å²) in [5.41, 5.74) is 2.27. The predicted octanol–water partition coefficient (Wildman–Crippen LogP) is 2.49. The first-order valence-electron chi connectivity index (χ1n) is 6.08. The van der Waals surface area contributed by atoms with E-state index in [1.54, 1.807) is 4.57 Å². The molecule has 0 aliphatic rings. The van der Waals surface area contributed by atoms with Crippen molar-refractivity contribution in [1.82, 2.24) is 14.9 Å². The Kier molecular flexibility index (Phi) is 4.52. The highest BCUT2D eigenvalue weighted by molar-refractivity contribution is 9.10. The number of hydrogen-bond acceptors (Lipinski definition) is 4. The standard InChI is InChI=1S/C14H12BrN5/c1-2-18-8-10-5-11(15)3-4-13(10)20-9-19-12(6-16)14(20)7-17/h3-5,9,18H,2,8H2,1H3. The van der Waals surface area contributed by atoms with E-state index in [1.165, 1.54) is 6.33 Å². The zero-order valence-electron chi connectivity index (χ0n) is 10.9. The first kappa shape index (κ1) is 14.3. The smallest absolute Gasteiger partial charge is 0.177 e. The van der Waals surface area contributed by atoms with Crippen LogP contribution in [-0.2, 0) is 6.54 Å². The number of halogens is 1. The van der Waals surface area contributed by atoms with Crippen LogP contribution in [0.3, 0.4) is 0 Å². The number of rotatable bonds is 4. The fourth-order valence-electron chi connectivity index (χ4n) is 1.91. The Morgan fingerprint density at radius 1 is 1.35 bits per heavy atom. The van der Waals surface area contributed by atoms with E-state index in [9.17, 15) is 5.26 Å². The van der Waals surface area contributed by atoms with Gasteiger partial charge in [0.05, 0.1) is 5.69 Å². The predicted molar refractivity (Wildman–Crippen MR) is 78.1 cm³/mol. The van der Waals surface area contributed by atoms with Crippen LogP contribution >= 0.6 is 15.9 Å². The zero-order valence-corrected chi connectivity index (χ0v) is 12.5. The second kappa shape index (κ2) is 6.33. The topological polar surface area (TPSA) is 77.4 Å². The van der Waals surface area contributed by atoms with Crippen LogP contribution < -0.4 is 5.32 Å². The van der Waals surface area contributed by atoms with Crippen molar-refractivity contribution >= 4 is 15.9 Å². The lowest BCUT2D eigenvalue weighted by molar-refractivity contribution is 0.721. The highest BCUT2D eigenvalue weighted by Crippen LogP contribution is 2.22. The third-order valence-corrected chi connectivity index (χ3v) is 3.34. The molecule has 0 atom stereocenters. The summed E-state index contributed by atoms with van der Waals surface area (Å²) >= 11 is 3.45. The number of benzene rings is 1. The number of hydrogen-bond donors (Lipinski definition) is 1. The van der Waals surface area contributed by atoms with Gasteiger partial charge in [-0.2, -0.15) is 10.5 Å². The van der Waals surface area contributed by atoms with E-state index in [0.717, 1.165) is 22.3 Å². The molecule has 0 saturated carbocycles. The summed E-state index contributed by atoms with van der Waals surface area (Å²) in [7, 11) is 0. The molecule has 0 amide bonds. The van der Waals surface area contributed by atoms with E-state index in [-0.39, 0.29) is 11.4 Å². The highest BCUT2D eigenvalue weighted by Gasteiger charge is 2.14. The van der Waals surface area contributed by atoms with Crippen molar-refractivity contribution in [3.8, 4) is 17.8 Å². The number of nitriles is 2. The molecule has 1 aromatic carbocycles. The third kappa shape index (κ3) is 2.72. The molecule has 1 heterocycles. The molecule has 100 valence electrons. The first-order chi connectivity index (χ1) is 9.71. The molecule has 20 heavy (non-hydrogen) atoms. The molecule has 1 N–H and O–H groups in total. The molecule has 0 unspecified atom stereocenters. The van der Waals surface area contributed by atoms with Crippen molar-refractivity contribution in [3.05, 3.63) is 46.0 Å². The Morgan fingerprint density at radius 2 is 2.15 bits per heavy atom. The van der Waals surface area contributed by atoms with E-state index in [4.69, 9.17) is 5.26 Å². The van der Waals surface area contributed by atoms with Crippen molar-refractivity contribution in [2.75, 3.05) is 6.54 Å². The van der Waals surface area contributed by atoms with Gasteiger partial charge < -0.3 is 5.32 Å². The number of aromatic nitrogens is 2. The van der Waals surface area contributed by atoms with E-state index >= 15 is 0 Å². The molecule has 0 spiro atoms. The van der Waals surface area contributed by atoms with Crippen LogP contribution in [0.5, 0.6) is 0 Å². The normalized spacial score (nSPS) is 10.0. The minimum Gasteiger partial charge on any atom is -0.313 e. The number of nitrogens with zero attached hydrogens (tertiary/aromatic N) is 4. The molecule has 5 nitrogen and oxygen atoms in total. The van der Waals surface area contributed by atoms with Crippen LogP contribution in [0, 0.1) is 22.7 Å². The Balaban J connectivity index is 2.56. The lowest BCUT2D eigenvalue weighted by Gasteiger charge is -2.12. The van der Waals surface area contributed by atoms with Crippen molar-refractivity contribution in [1.29, 1.82) is 10.5 Å². The molecule has 0 bridgehead atoms. The van der Waals surface area contributed by atoms with Crippen molar-refractivity contribution < 1.29 is 0 Å². The molecule has 2 rings (SSSR count). The highest BCUT2D eigenvalue weighted by atomic mass is 79.9. The van der Waals surface area contributed by atoms with Gasteiger partial charge in [0.1, 0.15) is 18.5 Å². The fourth-order valence-corrected chi connectivity index (χ4v) is 2.32. The van der Waals surface area contributed by atoms with Crippen LogP contribution in [0.25, 0.3) is 5.69 Å². The molecule has 1 aromatic heterocycles. The Morgan fingerprint density at radius 3 is 2.80 bits per heavy atom. The van der Waals surface area contributed by atoms with Crippen LogP contribution in [0.4, 0.5) is 0 Å². The van der Waals surface area contributed by atoms with E-state index in [2.05, 4.69) is 26.2 Å². The maximum absolute atomic E-state index is 9.22. The van der Waals surface area contributed by atoms with Gasteiger partial charge in [0.25, 0.3) is 0 Å². The molecular formula is C14H12BrN5. The maximum Gasteiger partial charge on any atom is 0.177 e. The largest absolute Gasteiger partial charge is 0.313 e. The van der Waals surface area contributed by atoms with E-state index in [0.29, 0.717) is 6.54 Å². The van der Waals surface area contributed by atoms with Gasteiger partial charge in [0, 0.05) is 11.0 Å². The molecule has 0 aliphatic heterocycles. The van der Waals surface area contributed by atoms with Crippen LogP contribution in [0.1, 0.15) is 23.9 Å². The van der Waals surface area contributed by atoms with Crippen LogP contribution in [0.15, 0.2) is 29.0 Å². The van der Waals surface area contributed by atoms with Gasteiger partial charge in [-0.05, 0) is 30.3 Å². The molecule has 6 heteroatoms. The summed E-state index contributed by atoms with van der Waals surface area (Å²) in [5.74, 6) is 0. The number of imidazole rings is 1. The first-order valence-corrected chi connectivity index (χ1v) is 6.87. The summed E-state index contributed by atoms with van der Waals surface area (Å²) < 4.78 is 2.62. The van der Waals surface area contributed by atoms with Gasteiger partial charge in [-0.1, -0.05) is 22.9 Å². The second-order valence-corrected chi connectivity index (χ2v) is 5.00. The quantitative estimate of drug-likeness (QED) is 0.934. The molecule has 2 aromatic rings. The summed E-state index contributed by atoms with van der Waals surface area (Å²) in [6.07, 6.45) is 1.51.